The number of aliphatic imine (C=N–C) groups is 1. The molecule has 118 valence electrons. The van der Waals surface area contributed by atoms with Gasteiger partial charge in [0.25, 0.3) is 0 Å². The standard InChI is InChI=1S/C16H21N3O3/c1-12-10-19(14-7-4-3-6-13(14)18-12)11-15(20)17-9-5-8-16(21)22-2/h3-4,6-7H,5,8-11H2,1-2H3,(H,17,20). The zero-order valence-corrected chi connectivity index (χ0v) is 13.0. The van der Waals surface area contributed by atoms with Crippen molar-refractivity contribution in [2.24, 2.45) is 4.99 Å². The van der Waals surface area contributed by atoms with E-state index < -0.39 is 0 Å². The minimum absolute atomic E-state index is 0.0608. The van der Waals surface area contributed by atoms with Crippen LogP contribution in [0.2, 0.25) is 0 Å². The molecule has 0 atom stereocenters. The Hall–Kier alpha value is -2.37. The Labute approximate surface area is 130 Å². The molecule has 6 heteroatoms. The molecule has 6 nitrogen and oxygen atoms in total. The molecule has 1 aliphatic rings. The molecule has 0 saturated heterocycles. The molecule has 1 amide bonds. The fourth-order valence-corrected chi connectivity index (χ4v) is 2.36. The van der Waals surface area contributed by atoms with E-state index in [9.17, 15) is 9.59 Å². The predicted molar refractivity (Wildman–Crippen MR) is 85.7 cm³/mol. The highest BCUT2D eigenvalue weighted by atomic mass is 16.5. The molecule has 0 aromatic heterocycles. The van der Waals surface area contributed by atoms with Crippen molar-refractivity contribution in [1.82, 2.24) is 5.32 Å². The monoisotopic (exact) mass is 303 g/mol. The van der Waals surface area contributed by atoms with Crippen LogP contribution in [-0.2, 0) is 14.3 Å². The fraction of sp³-hybridized carbons (Fsp3) is 0.438. The molecular formula is C16H21N3O3. The zero-order chi connectivity index (χ0) is 15.9. The molecular weight excluding hydrogens is 282 g/mol. The molecule has 0 fully saturated rings. The first-order valence-corrected chi connectivity index (χ1v) is 7.32. The van der Waals surface area contributed by atoms with Crippen LogP contribution >= 0.6 is 0 Å². The molecule has 1 aromatic carbocycles. The summed E-state index contributed by atoms with van der Waals surface area (Å²) in [4.78, 5) is 29.5. The Balaban J connectivity index is 1.84. The molecule has 1 aromatic rings. The number of esters is 1. The van der Waals surface area contributed by atoms with E-state index in [2.05, 4.69) is 15.0 Å². The number of hydrogen-bond acceptors (Lipinski definition) is 5. The van der Waals surface area contributed by atoms with Crippen molar-refractivity contribution in [2.45, 2.75) is 19.8 Å². The maximum Gasteiger partial charge on any atom is 0.305 e. The highest BCUT2D eigenvalue weighted by Crippen LogP contribution is 2.31. The number of amides is 1. The van der Waals surface area contributed by atoms with Gasteiger partial charge in [-0.15, -0.1) is 0 Å². The summed E-state index contributed by atoms with van der Waals surface area (Å²) in [6.45, 7) is 3.35. The molecule has 2 rings (SSSR count). The van der Waals surface area contributed by atoms with E-state index in [1.807, 2.05) is 36.1 Å². The maximum absolute atomic E-state index is 12.0. The van der Waals surface area contributed by atoms with Gasteiger partial charge in [-0.05, 0) is 25.5 Å². The number of ether oxygens (including phenoxy) is 1. The smallest absolute Gasteiger partial charge is 0.305 e. The first kappa shape index (κ1) is 16.0. The molecule has 0 spiro atoms. The first-order chi connectivity index (χ1) is 10.6. The van der Waals surface area contributed by atoms with Crippen LogP contribution in [-0.4, -0.2) is 44.3 Å². The summed E-state index contributed by atoms with van der Waals surface area (Å²) >= 11 is 0. The summed E-state index contributed by atoms with van der Waals surface area (Å²) in [5.74, 6) is -0.319. The van der Waals surface area contributed by atoms with Crippen molar-refractivity contribution in [3.63, 3.8) is 0 Å². The van der Waals surface area contributed by atoms with Crippen LogP contribution < -0.4 is 10.2 Å². The second kappa shape index (κ2) is 7.59. The van der Waals surface area contributed by atoms with E-state index in [4.69, 9.17) is 0 Å². The number of hydrogen-bond donors (Lipinski definition) is 1. The Morgan fingerprint density at radius 2 is 2.14 bits per heavy atom. The third kappa shape index (κ3) is 4.31. The SMILES string of the molecule is COC(=O)CCCNC(=O)CN1CC(C)=Nc2ccccc21. The maximum atomic E-state index is 12.0. The van der Waals surface area contributed by atoms with Gasteiger partial charge in [-0.2, -0.15) is 0 Å². The van der Waals surface area contributed by atoms with E-state index >= 15 is 0 Å². The topological polar surface area (TPSA) is 71.0 Å². The predicted octanol–water partition coefficient (Wildman–Crippen LogP) is 1.67. The normalized spacial score (nSPS) is 13.2. The van der Waals surface area contributed by atoms with Crippen molar-refractivity contribution in [2.75, 3.05) is 31.6 Å². The first-order valence-electron chi connectivity index (χ1n) is 7.32. The quantitative estimate of drug-likeness (QED) is 0.641. The molecule has 0 radical (unpaired) electrons. The van der Waals surface area contributed by atoms with Crippen molar-refractivity contribution in [3.8, 4) is 0 Å². The Kier molecular flexibility index (Phi) is 5.52. The van der Waals surface area contributed by atoms with Crippen molar-refractivity contribution >= 4 is 29.0 Å². The third-order valence-corrected chi connectivity index (χ3v) is 3.40. The molecule has 0 unspecified atom stereocenters. The summed E-state index contributed by atoms with van der Waals surface area (Å²) < 4.78 is 4.56. The van der Waals surface area contributed by atoms with Gasteiger partial charge in [0.05, 0.1) is 31.6 Å². The summed E-state index contributed by atoms with van der Waals surface area (Å²) in [7, 11) is 1.36. The van der Waals surface area contributed by atoms with Gasteiger partial charge in [-0.1, -0.05) is 12.1 Å². The second-order valence-corrected chi connectivity index (χ2v) is 5.22. The molecule has 1 heterocycles. The van der Waals surface area contributed by atoms with Crippen molar-refractivity contribution in [3.05, 3.63) is 24.3 Å². The van der Waals surface area contributed by atoms with Crippen LogP contribution in [0.4, 0.5) is 11.4 Å². The number of rotatable bonds is 6. The van der Waals surface area contributed by atoms with Crippen LogP contribution in [0.25, 0.3) is 0 Å². The number of methoxy groups -OCH3 is 1. The number of carbonyl (C=O) groups is 2. The minimum Gasteiger partial charge on any atom is -0.469 e. The number of nitrogens with zero attached hydrogens (tertiary/aromatic N) is 2. The van der Waals surface area contributed by atoms with Gasteiger partial charge in [-0.3, -0.25) is 14.6 Å². The number of para-hydroxylation sites is 2. The number of nitrogens with one attached hydrogen (secondary N) is 1. The highest BCUT2D eigenvalue weighted by Gasteiger charge is 2.19. The van der Waals surface area contributed by atoms with Crippen LogP contribution in [0.5, 0.6) is 0 Å². The Morgan fingerprint density at radius 3 is 2.91 bits per heavy atom. The molecule has 22 heavy (non-hydrogen) atoms. The highest BCUT2D eigenvalue weighted by molar-refractivity contribution is 5.96. The largest absolute Gasteiger partial charge is 0.469 e. The molecule has 0 saturated carbocycles. The molecule has 1 aliphatic heterocycles. The zero-order valence-electron chi connectivity index (χ0n) is 13.0. The molecule has 0 aliphatic carbocycles. The number of carbonyl (C=O) groups excluding carboxylic acids is 2. The molecule has 0 bridgehead atoms. The van der Waals surface area contributed by atoms with Crippen LogP contribution in [0.3, 0.4) is 0 Å². The van der Waals surface area contributed by atoms with Gasteiger partial charge in [-0.25, -0.2) is 0 Å². The van der Waals surface area contributed by atoms with Gasteiger partial charge >= 0.3 is 5.97 Å². The lowest BCUT2D eigenvalue weighted by Crippen LogP contribution is -2.41. The number of benzene rings is 1. The lowest BCUT2D eigenvalue weighted by atomic mass is 10.2. The van der Waals surface area contributed by atoms with Gasteiger partial charge in [0, 0.05) is 18.7 Å². The number of anilines is 1. The van der Waals surface area contributed by atoms with Gasteiger partial charge in [0.15, 0.2) is 0 Å². The summed E-state index contributed by atoms with van der Waals surface area (Å²) in [5.41, 5.74) is 2.85. The van der Waals surface area contributed by atoms with E-state index in [0.29, 0.717) is 25.9 Å². The average Bonchev–Trinajstić information content (AvgIpc) is 2.51. The average molecular weight is 303 g/mol. The Morgan fingerprint density at radius 1 is 1.36 bits per heavy atom. The molecule has 1 N–H and O–H groups in total. The lowest BCUT2D eigenvalue weighted by Gasteiger charge is -2.28. The van der Waals surface area contributed by atoms with E-state index in [-0.39, 0.29) is 18.4 Å². The van der Waals surface area contributed by atoms with E-state index in [1.54, 1.807) is 0 Å². The van der Waals surface area contributed by atoms with E-state index in [1.165, 1.54) is 7.11 Å². The van der Waals surface area contributed by atoms with Crippen molar-refractivity contribution in [1.29, 1.82) is 0 Å². The lowest BCUT2D eigenvalue weighted by molar-refractivity contribution is -0.140. The Bertz CT molecular complexity index is 584. The summed E-state index contributed by atoms with van der Waals surface area (Å²) in [5, 5.41) is 2.83. The third-order valence-electron chi connectivity index (χ3n) is 3.40. The van der Waals surface area contributed by atoms with Crippen molar-refractivity contribution < 1.29 is 14.3 Å². The van der Waals surface area contributed by atoms with Gasteiger partial charge < -0.3 is 15.0 Å². The van der Waals surface area contributed by atoms with E-state index in [0.717, 1.165) is 17.1 Å². The fourth-order valence-electron chi connectivity index (χ4n) is 2.36. The number of fused-ring (bicyclic) bond motifs is 1. The van der Waals surface area contributed by atoms with Gasteiger partial charge in [0.2, 0.25) is 5.91 Å². The minimum atomic E-state index is -0.258. The van der Waals surface area contributed by atoms with Crippen LogP contribution in [0.1, 0.15) is 19.8 Å². The van der Waals surface area contributed by atoms with Gasteiger partial charge in [0.1, 0.15) is 0 Å². The summed E-state index contributed by atoms with van der Waals surface area (Å²) in [6.07, 6.45) is 0.893. The van der Waals surface area contributed by atoms with Crippen LogP contribution in [0, 0.1) is 0 Å². The van der Waals surface area contributed by atoms with Crippen LogP contribution in [0.15, 0.2) is 29.3 Å². The second-order valence-electron chi connectivity index (χ2n) is 5.22. The summed E-state index contributed by atoms with van der Waals surface area (Å²) in [6, 6.07) is 7.79.